The zero-order valence-corrected chi connectivity index (χ0v) is 27.2. The Bertz CT molecular complexity index is 1790. The molecule has 6 aromatic carbocycles. The van der Waals surface area contributed by atoms with E-state index in [0.717, 1.165) is 22.3 Å². The molecule has 0 heterocycles. The van der Waals surface area contributed by atoms with E-state index >= 15 is 0 Å². The average Bonchev–Trinajstić information content (AvgIpc) is 3.11. The molecule has 6 aromatic rings. The van der Waals surface area contributed by atoms with Gasteiger partial charge in [0.1, 0.15) is 8.65 Å². The summed E-state index contributed by atoms with van der Waals surface area (Å²) in [6.07, 6.45) is 0. The Hall–Kier alpha value is -4.24. The summed E-state index contributed by atoms with van der Waals surface area (Å²) in [5.41, 5.74) is 11.8. The summed E-state index contributed by atoms with van der Waals surface area (Å²) in [5, 5.41) is 0. The zero-order chi connectivity index (χ0) is 30.0. The molecule has 2 atom stereocenters. The fourth-order valence-electron chi connectivity index (χ4n) is 6.64. The van der Waals surface area contributed by atoms with Crippen molar-refractivity contribution in [2.45, 2.75) is 8.65 Å². The van der Waals surface area contributed by atoms with Gasteiger partial charge in [0.15, 0.2) is 0 Å². The lowest BCUT2D eigenvalue weighted by Gasteiger charge is -2.52. The van der Waals surface area contributed by atoms with Crippen molar-refractivity contribution >= 4 is 54.2 Å². The van der Waals surface area contributed by atoms with Gasteiger partial charge in [0, 0.05) is 0 Å². The average molecular weight is 695 g/mol. The zero-order valence-electron chi connectivity index (χ0n) is 24.1. The largest absolute Gasteiger partial charge is 0.100 e. The lowest BCUT2D eigenvalue weighted by Crippen LogP contribution is -2.45. The number of rotatable bonds is 6. The standard InChI is InChI=1S/C42H30Br2/c43-41(35-27-15-5-16-28-35)39(33-23-11-3-12-24-33)37(31-19-7-1-8-20-31)38(32-21-9-2-10-22-32)40(34-25-13-4-14-26-34)42(41,44)36-29-17-6-18-30-36/h1-30H. The van der Waals surface area contributed by atoms with Gasteiger partial charge in [0.25, 0.3) is 0 Å². The van der Waals surface area contributed by atoms with E-state index in [2.05, 4.69) is 214 Å². The van der Waals surface area contributed by atoms with Crippen molar-refractivity contribution in [3.8, 4) is 0 Å². The van der Waals surface area contributed by atoms with Crippen molar-refractivity contribution in [2.75, 3.05) is 0 Å². The van der Waals surface area contributed by atoms with E-state index in [1.54, 1.807) is 0 Å². The van der Waals surface area contributed by atoms with Crippen molar-refractivity contribution in [1.29, 1.82) is 0 Å². The van der Waals surface area contributed by atoms with E-state index in [0.29, 0.717) is 0 Å². The van der Waals surface area contributed by atoms with Crippen LogP contribution >= 0.6 is 31.9 Å². The van der Waals surface area contributed by atoms with Gasteiger partial charge in [-0.1, -0.05) is 214 Å². The van der Waals surface area contributed by atoms with Crippen molar-refractivity contribution in [1.82, 2.24) is 0 Å². The second kappa shape index (κ2) is 12.0. The third-order valence-electron chi connectivity index (χ3n) is 8.51. The van der Waals surface area contributed by atoms with Gasteiger partial charge in [-0.15, -0.1) is 0 Å². The van der Waals surface area contributed by atoms with Crippen LogP contribution < -0.4 is 0 Å². The molecule has 0 N–H and O–H groups in total. The SMILES string of the molecule is BrC1(c2ccccc2)C(c2ccccc2)=C(c2ccccc2)C(c2ccccc2)=C(c2ccccc2)C1(Br)c1ccccc1. The minimum absolute atomic E-state index is 0.738. The van der Waals surface area contributed by atoms with Crippen LogP contribution in [-0.4, -0.2) is 0 Å². The van der Waals surface area contributed by atoms with Crippen LogP contribution in [0.15, 0.2) is 182 Å². The molecule has 0 amide bonds. The molecule has 0 fully saturated rings. The van der Waals surface area contributed by atoms with Crippen LogP contribution in [0.3, 0.4) is 0 Å². The normalized spacial score (nSPS) is 20.0. The molecule has 7 rings (SSSR count). The van der Waals surface area contributed by atoms with Crippen molar-refractivity contribution in [3.63, 3.8) is 0 Å². The molecule has 0 spiro atoms. The first-order valence-electron chi connectivity index (χ1n) is 14.8. The van der Waals surface area contributed by atoms with Gasteiger partial charge in [0.2, 0.25) is 0 Å². The van der Waals surface area contributed by atoms with E-state index < -0.39 is 8.65 Å². The predicted molar refractivity (Wildman–Crippen MR) is 193 cm³/mol. The summed E-state index contributed by atoms with van der Waals surface area (Å²) in [4.78, 5) is 0. The fourth-order valence-corrected chi connectivity index (χ4v) is 8.88. The van der Waals surface area contributed by atoms with Gasteiger partial charge in [0.05, 0.1) is 0 Å². The minimum atomic E-state index is -0.738. The molecule has 0 saturated carbocycles. The predicted octanol–water partition coefficient (Wildman–Crippen LogP) is 11.8. The molecule has 1 aliphatic rings. The van der Waals surface area contributed by atoms with Crippen LogP contribution in [0.25, 0.3) is 22.3 Å². The molecule has 0 aliphatic heterocycles. The number of benzene rings is 6. The molecule has 2 unspecified atom stereocenters. The van der Waals surface area contributed by atoms with Gasteiger partial charge in [-0.05, 0) is 55.7 Å². The van der Waals surface area contributed by atoms with E-state index in [1.807, 2.05) is 0 Å². The molecule has 0 radical (unpaired) electrons. The second-order valence-corrected chi connectivity index (χ2v) is 13.4. The first kappa shape index (κ1) is 28.5. The van der Waals surface area contributed by atoms with Gasteiger partial charge >= 0.3 is 0 Å². The Kier molecular flexibility index (Phi) is 7.80. The molecule has 2 heteroatoms. The van der Waals surface area contributed by atoms with Crippen molar-refractivity contribution in [2.24, 2.45) is 0 Å². The fraction of sp³-hybridized carbons (Fsp3) is 0.0476. The van der Waals surface area contributed by atoms with Gasteiger partial charge in [-0.3, -0.25) is 0 Å². The van der Waals surface area contributed by atoms with Crippen molar-refractivity contribution in [3.05, 3.63) is 215 Å². The Morgan fingerprint density at radius 3 is 0.773 bits per heavy atom. The molecular formula is C42H30Br2. The molecule has 1 aliphatic carbocycles. The van der Waals surface area contributed by atoms with E-state index in [1.165, 1.54) is 33.4 Å². The number of allylic oxidation sites excluding steroid dienone is 4. The highest BCUT2D eigenvalue weighted by Gasteiger charge is 2.60. The maximum Gasteiger partial charge on any atom is 0.100 e. The van der Waals surface area contributed by atoms with Gasteiger partial charge in [-0.25, -0.2) is 0 Å². The first-order valence-corrected chi connectivity index (χ1v) is 16.4. The molecule has 0 bridgehead atoms. The molecule has 44 heavy (non-hydrogen) atoms. The second-order valence-electron chi connectivity index (χ2n) is 11.0. The lowest BCUT2D eigenvalue weighted by molar-refractivity contribution is 0.678. The summed E-state index contributed by atoms with van der Waals surface area (Å²) in [6.45, 7) is 0. The van der Waals surface area contributed by atoms with Crippen LogP contribution in [0.2, 0.25) is 0 Å². The third-order valence-corrected chi connectivity index (χ3v) is 11.9. The van der Waals surface area contributed by atoms with Crippen molar-refractivity contribution < 1.29 is 0 Å². The van der Waals surface area contributed by atoms with Gasteiger partial charge in [-0.2, -0.15) is 0 Å². The van der Waals surface area contributed by atoms with E-state index in [-0.39, 0.29) is 0 Å². The lowest BCUT2D eigenvalue weighted by atomic mass is 9.61. The van der Waals surface area contributed by atoms with E-state index in [4.69, 9.17) is 0 Å². The summed E-state index contributed by atoms with van der Waals surface area (Å²) in [7, 11) is 0. The molecular weight excluding hydrogens is 664 g/mol. The number of hydrogen-bond acceptors (Lipinski definition) is 0. The Labute approximate surface area is 276 Å². The maximum atomic E-state index is 4.60. The summed E-state index contributed by atoms with van der Waals surface area (Å²) in [6, 6.07) is 65.1. The molecule has 0 nitrogen and oxygen atoms in total. The molecule has 0 aromatic heterocycles. The van der Waals surface area contributed by atoms with Crippen LogP contribution in [-0.2, 0) is 8.65 Å². The van der Waals surface area contributed by atoms with Crippen LogP contribution in [0, 0.1) is 0 Å². The minimum Gasteiger partial charge on any atom is -0.0725 e. The van der Waals surface area contributed by atoms with Crippen LogP contribution in [0.4, 0.5) is 0 Å². The van der Waals surface area contributed by atoms with Crippen LogP contribution in [0.5, 0.6) is 0 Å². The monoisotopic (exact) mass is 692 g/mol. The number of halogens is 2. The highest BCUT2D eigenvalue weighted by Crippen LogP contribution is 2.71. The van der Waals surface area contributed by atoms with E-state index in [9.17, 15) is 0 Å². The third kappa shape index (κ3) is 4.65. The van der Waals surface area contributed by atoms with Gasteiger partial charge < -0.3 is 0 Å². The van der Waals surface area contributed by atoms with Crippen LogP contribution in [0.1, 0.15) is 33.4 Å². The number of alkyl halides is 2. The summed E-state index contributed by atoms with van der Waals surface area (Å²) in [5.74, 6) is 0. The smallest absolute Gasteiger partial charge is 0.0725 e. The Morgan fingerprint density at radius 1 is 0.273 bits per heavy atom. The summed E-state index contributed by atoms with van der Waals surface area (Å²) < 4.78 is -1.48. The molecule has 212 valence electrons. The number of hydrogen-bond donors (Lipinski definition) is 0. The topological polar surface area (TPSA) is 0 Å². The Morgan fingerprint density at radius 2 is 0.500 bits per heavy atom. The quantitative estimate of drug-likeness (QED) is 0.152. The first-order chi connectivity index (χ1) is 21.6. The highest BCUT2D eigenvalue weighted by atomic mass is 79.9. The summed E-state index contributed by atoms with van der Waals surface area (Å²) >= 11 is 9.21. The maximum absolute atomic E-state index is 4.60. The highest BCUT2D eigenvalue weighted by molar-refractivity contribution is 9.12. The Balaban J connectivity index is 1.79. The molecule has 0 saturated heterocycles.